The van der Waals surface area contributed by atoms with E-state index in [4.69, 9.17) is 0 Å². The minimum Gasteiger partial charge on any atom is -0.388 e. The highest BCUT2D eigenvalue weighted by molar-refractivity contribution is 6.79. The van der Waals surface area contributed by atoms with Gasteiger partial charge in [-0.3, -0.25) is 9.97 Å². The Morgan fingerprint density at radius 1 is 1.15 bits per heavy atom. The van der Waals surface area contributed by atoms with Crippen LogP contribution in [0.2, 0.25) is 19.6 Å². The molecule has 4 heteroatoms. The van der Waals surface area contributed by atoms with Crippen molar-refractivity contribution >= 4 is 8.07 Å². The van der Waals surface area contributed by atoms with Gasteiger partial charge in [0.2, 0.25) is 0 Å². The van der Waals surface area contributed by atoms with Gasteiger partial charge in [0, 0.05) is 30.7 Å². The van der Waals surface area contributed by atoms with Crippen molar-refractivity contribution in [3.05, 3.63) is 66.1 Å². The zero-order valence-electron chi connectivity index (χ0n) is 12.5. The normalized spacial score (nSPS) is 14.8. The average Bonchev–Trinajstić information content (AvgIpc) is 2.41. The van der Waals surface area contributed by atoms with Gasteiger partial charge in [-0.15, -0.1) is 0 Å². The summed E-state index contributed by atoms with van der Waals surface area (Å²) < 4.78 is 0. The highest BCUT2D eigenvalue weighted by Gasteiger charge is 2.44. The topological polar surface area (TPSA) is 46.0 Å². The molecule has 0 fully saturated rings. The van der Waals surface area contributed by atoms with E-state index in [-0.39, 0.29) is 0 Å². The van der Waals surface area contributed by atoms with E-state index in [1.807, 2.05) is 37.6 Å². The van der Waals surface area contributed by atoms with Gasteiger partial charge >= 0.3 is 0 Å². The number of aryl methyl sites for hydroxylation is 1. The van der Waals surface area contributed by atoms with Crippen molar-refractivity contribution in [2.75, 3.05) is 0 Å². The summed E-state index contributed by atoms with van der Waals surface area (Å²) in [6, 6.07) is 7.70. The summed E-state index contributed by atoms with van der Waals surface area (Å²) in [7, 11) is -1.94. The fourth-order valence-corrected chi connectivity index (χ4v) is 3.75. The fraction of sp³-hybridized carbons (Fsp3) is 0.312. The van der Waals surface area contributed by atoms with Gasteiger partial charge in [0.1, 0.15) is 0 Å². The van der Waals surface area contributed by atoms with Gasteiger partial charge < -0.3 is 5.11 Å². The van der Waals surface area contributed by atoms with Gasteiger partial charge in [0.05, 0.1) is 13.3 Å². The smallest absolute Gasteiger partial charge is 0.0888 e. The van der Waals surface area contributed by atoms with E-state index in [9.17, 15) is 5.11 Å². The van der Waals surface area contributed by atoms with Crippen molar-refractivity contribution in [1.82, 2.24) is 9.97 Å². The first-order valence-electron chi connectivity index (χ1n) is 6.75. The van der Waals surface area contributed by atoms with E-state index in [0.29, 0.717) is 0 Å². The third-order valence-corrected chi connectivity index (χ3v) is 6.36. The first-order chi connectivity index (χ1) is 9.34. The number of aliphatic hydroxyl groups is 1. The van der Waals surface area contributed by atoms with Crippen LogP contribution in [-0.4, -0.2) is 23.1 Å². The van der Waals surface area contributed by atoms with Crippen LogP contribution in [0.4, 0.5) is 0 Å². The Morgan fingerprint density at radius 3 is 2.40 bits per heavy atom. The molecule has 1 unspecified atom stereocenters. The molecular formula is C16H21N2OSi. The molecule has 0 aliphatic rings. The third kappa shape index (κ3) is 2.81. The molecule has 0 aliphatic heterocycles. The number of rotatable bonds is 4. The summed E-state index contributed by atoms with van der Waals surface area (Å²) in [5.74, 6) is 0. The van der Waals surface area contributed by atoms with Gasteiger partial charge in [0.25, 0.3) is 0 Å². The van der Waals surface area contributed by atoms with Crippen LogP contribution >= 0.6 is 0 Å². The van der Waals surface area contributed by atoms with Gasteiger partial charge in [-0.2, -0.15) is 0 Å². The first-order valence-corrected chi connectivity index (χ1v) is 10.2. The molecule has 2 aromatic heterocycles. The Bertz CT molecular complexity index is 581. The summed E-state index contributed by atoms with van der Waals surface area (Å²) in [5.41, 5.74) is 2.73. The van der Waals surface area contributed by atoms with Crippen molar-refractivity contribution in [3.63, 3.8) is 0 Å². The van der Waals surface area contributed by atoms with Crippen molar-refractivity contribution in [2.24, 2.45) is 0 Å². The zero-order valence-corrected chi connectivity index (χ0v) is 13.5. The highest BCUT2D eigenvalue weighted by atomic mass is 28.3. The Hall–Kier alpha value is -1.52. The number of pyridine rings is 2. The second kappa shape index (κ2) is 5.46. The minimum absolute atomic E-state index is 0.835. The predicted octanol–water partition coefficient (Wildman–Crippen LogP) is 3.10. The molecule has 2 rings (SSSR count). The Balaban J connectivity index is 2.47. The van der Waals surface area contributed by atoms with Crippen LogP contribution in [0.15, 0.2) is 42.9 Å². The molecule has 1 N–H and O–H groups in total. The fourth-order valence-electron chi connectivity index (χ4n) is 2.17. The van der Waals surface area contributed by atoms with Gasteiger partial charge in [-0.1, -0.05) is 31.8 Å². The number of aromatic nitrogens is 2. The van der Waals surface area contributed by atoms with Crippen LogP contribution in [0.1, 0.15) is 16.8 Å². The summed E-state index contributed by atoms with van der Waals surface area (Å²) in [6.45, 7) is 8.45. The number of hydrogen-bond donors (Lipinski definition) is 1. The van der Waals surface area contributed by atoms with Crippen molar-refractivity contribution in [3.8, 4) is 0 Å². The summed E-state index contributed by atoms with van der Waals surface area (Å²) >= 11 is 0. The molecule has 0 spiro atoms. The quantitative estimate of drug-likeness (QED) is 0.878. The van der Waals surface area contributed by atoms with E-state index in [2.05, 4.69) is 29.6 Å². The molecule has 1 radical (unpaired) electrons. The van der Waals surface area contributed by atoms with Crippen molar-refractivity contribution in [1.29, 1.82) is 0 Å². The van der Waals surface area contributed by atoms with Crippen molar-refractivity contribution < 1.29 is 5.11 Å². The molecule has 20 heavy (non-hydrogen) atoms. The van der Waals surface area contributed by atoms with Gasteiger partial charge in [-0.25, -0.2) is 0 Å². The maximum absolute atomic E-state index is 11.3. The maximum atomic E-state index is 11.3. The van der Waals surface area contributed by atoms with Crippen LogP contribution in [0.5, 0.6) is 0 Å². The van der Waals surface area contributed by atoms with E-state index >= 15 is 0 Å². The van der Waals surface area contributed by atoms with Crippen LogP contribution in [0.25, 0.3) is 0 Å². The molecule has 2 aromatic rings. The van der Waals surface area contributed by atoms with E-state index < -0.39 is 13.3 Å². The minimum atomic E-state index is -1.94. The molecule has 0 saturated heterocycles. The molecule has 1 atom stereocenters. The lowest BCUT2D eigenvalue weighted by Gasteiger charge is -2.39. The zero-order chi connectivity index (χ0) is 14.8. The SMILES string of the molecule is Cc1cccnc1[CH]C(O)(c1cccnc1)[Si](C)(C)C. The summed E-state index contributed by atoms with van der Waals surface area (Å²) in [5, 5.41) is 10.3. The van der Waals surface area contributed by atoms with E-state index in [1.165, 1.54) is 0 Å². The molecule has 105 valence electrons. The van der Waals surface area contributed by atoms with Crippen LogP contribution in [-0.2, 0) is 5.22 Å². The van der Waals surface area contributed by atoms with Crippen molar-refractivity contribution in [2.45, 2.75) is 31.8 Å². The average molecular weight is 285 g/mol. The molecule has 3 nitrogen and oxygen atoms in total. The van der Waals surface area contributed by atoms with E-state index in [1.54, 1.807) is 18.6 Å². The maximum Gasteiger partial charge on any atom is 0.0888 e. The summed E-state index contributed by atoms with van der Waals surface area (Å²) in [4.78, 5) is 8.54. The predicted molar refractivity (Wildman–Crippen MR) is 83.9 cm³/mol. The molecule has 0 amide bonds. The van der Waals surface area contributed by atoms with Crippen LogP contribution in [0.3, 0.4) is 0 Å². The number of hydrogen-bond acceptors (Lipinski definition) is 3. The third-order valence-electron chi connectivity index (χ3n) is 3.64. The number of nitrogens with zero attached hydrogens (tertiary/aromatic N) is 2. The highest BCUT2D eigenvalue weighted by Crippen LogP contribution is 2.36. The summed E-state index contributed by atoms with van der Waals surface area (Å²) in [6.07, 6.45) is 7.12. The lowest BCUT2D eigenvalue weighted by Crippen LogP contribution is -2.50. The molecular weight excluding hydrogens is 264 g/mol. The second-order valence-corrected chi connectivity index (χ2v) is 11.4. The van der Waals surface area contributed by atoms with Gasteiger partial charge in [-0.05, 0) is 30.2 Å². The Kier molecular flexibility index (Phi) is 4.06. The molecule has 0 bridgehead atoms. The van der Waals surface area contributed by atoms with E-state index in [0.717, 1.165) is 16.8 Å². The van der Waals surface area contributed by atoms with Crippen LogP contribution in [0, 0.1) is 13.3 Å². The lowest BCUT2D eigenvalue weighted by atomic mass is 10.0. The molecule has 0 aromatic carbocycles. The second-order valence-electron chi connectivity index (χ2n) is 6.11. The molecule has 2 heterocycles. The molecule has 0 aliphatic carbocycles. The Labute approximate surface area is 121 Å². The first kappa shape index (κ1) is 14.9. The largest absolute Gasteiger partial charge is 0.388 e. The molecule has 0 saturated carbocycles. The van der Waals surface area contributed by atoms with Crippen LogP contribution < -0.4 is 0 Å². The monoisotopic (exact) mass is 285 g/mol. The lowest BCUT2D eigenvalue weighted by molar-refractivity contribution is 0.152. The standard InChI is InChI=1S/C16H21N2OSi/c1-13-7-5-10-18-15(13)11-16(19,20(2,3)4)14-8-6-9-17-12-14/h5-12,19H,1-4H3. The Morgan fingerprint density at radius 2 is 1.85 bits per heavy atom. The van der Waals surface area contributed by atoms with Gasteiger partial charge in [0.15, 0.2) is 0 Å².